The van der Waals surface area contributed by atoms with Gasteiger partial charge in [0.15, 0.2) is 0 Å². The van der Waals surface area contributed by atoms with Crippen molar-refractivity contribution in [2.75, 3.05) is 32.7 Å². The van der Waals surface area contributed by atoms with E-state index in [2.05, 4.69) is 24.1 Å². The highest BCUT2D eigenvalue weighted by Gasteiger charge is 2.40. The van der Waals surface area contributed by atoms with Crippen molar-refractivity contribution in [3.8, 4) is 0 Å². The summed E-state index contributed by atoms with van der Waals surface area (Å²) in [7, 11) is 0. The van der Waals surface area contributed by atoms with Gasteiger partial charge in [-0.3, -0.25) is 14.5 Å². The minimum Gasteiger partial charge on any atom is -0.472 e. The number of furan rings is 1. The Morgan fingerprint density at radius 2 is 1.96 bits per heavy atom. The third-order valence-corrected chi connectivity index (χ3v) is 6.15. The normalized spacial score (nSPS) is 22.1. The quantitative estimate of drug-likeness (QED) is 0.861. The second kappa shape index (κ2) is 9.59. The molecule has 1 saturated heterocycles. The molecule has 1 aliphatic heterocycles. The molecule has 3 rings (SSSR count). The minimum atomic E-state index is -0.0231. The summed E-state index contributed by atoms with van der Waals surface area (Å²) in [6, 6.07) is 1.70. The lowest BCUT2D eigenvalue weighted by Gasteiger charge is -2.47. The average Bonchev–Trinajstić information content (AvgIpc) is 3.19. The molecule has 156 valence electrons. The lowest BCUT2D eigenvalue weighted by Crippen LogP contribution is -2.54. The van der Waals surface area contributed by atoms with E-state index in [4.69, 9.17) is 4.42 Å². The molecule has 28 heavy (non-hydrogen) atoms. The summed E-state index contributed by atoms with van der Waals surface area (Å²) in [6.45, 7) is 8.16. The maximum Gasteiger partial charge on any atom is 0.257 e. The van der Waals surface area contributed by atoms with Crippen LogP contribution in [-0.2, 0) is 4.79 Å². The Bertz CT molecular complexity index is 635. The standard InChI is InChI=1S/C22H35N3O3/c1-18(2)16-25-12-6-11-24(21(27)19-7-14-28-17-19)13-10-23-20(26)15-22(25)8-4-3-5-9-22/h7,14,17-18H,3-6,8-13,15-16H2,1-2H3,(H,23,26). The van der Waals surface area contributed by atoms with Gasteiger partial charge in [-0.05, 0) is 31.2 Å². The fourth-order valence-electron chi connectivity index (χ4n) is 4.81. The van der Waals surface area contributed by atoms with Crippen LogP contribution >= 0.6 is 0 Å². The molecule has 0 unspecified atom stereocenters. The Hall–Kier alpha value is -1.82. The molecular formula is C22H35N3O3. The number of amides is 2. The highest BCUT2D eigenvalue weighted by Crippen LogP contribution is 2.37. The summed E-state index contributed by atoms with van der Waals surface area (Å²) in [5.74, 6) is 0.647. The van der Waals surface area contributed by atoms with Crippen LogP contribution in [0, 0.1) is 5.92 Å². The summed E-state index contributed by atoms with van der Waals surface area (Å²) in [5.41, 5.74) is 0.556. The van der Waals surface area contributed by atoms with E-state index in [-0.39, 0.29) is 17.4 Å². The van der Waals surface area contributed by atoms with Gasteiger partial charge in [0.25, 0.3) is 5.91 Å². The predicted octanol–water partition coefficient (Wildman–Crippen LogP) is 3.29. The molecule has 0 atom stereocenters. The SMILES string of the molecule is CC(C)CN1CCCN(C(=O)c2ccoc2)CCNC(=O)CC12CCCCC2. The van der Waals surface area contributed by atoms with Crippen LogP contribution in [0.3, 0.4) is 0 Å². The summed E-state index contributed by atoms with van der Waals surface area (Å²) in [5, 5.41) is 3.07. The third kappa shape index (κ3) is 5.16. The van der Waals surface area contributed by atoms with Gasteiger partial charge in [-0.25, -0.2) is 0 Å². The van der Waals surface area contributed by atoms with Crippen LogP contribution in [0.1, 0.15) is 69.2 Å². The second-order valence-electron chi connectivity index (χ2n) is 8.81. The van der Waals surface area contributed by atoms with Crippen molar-refractivity contribution < 1.29 is 14.0 Å². The molecule has 1 spiro atoms. The number of nitrogens with zero attached hydrogens (tertiary/aromatic N) is 2. The van der Waals surface area contributed by atoms with E-state index in [1.165, 1.54) is 31.8 Å². The Morgan fingerprint density at radius 3 is 2.64 bits per heavy atom. The van der Waals surface area contributed by atoms with Gasteiger partial charge in [0.05, 0.1) is 11.8 Å². The number of carbonyl (C=O) groups excluding carboxylic acids is 2. The van der Waals surface area contributed by atoms with Crippen molar-refractivity contribution in [2.24, 2.45) is 5.92 Å². The zero-order valence-electron chi connectivity index (χ0n) is 17.4. The predicted molar refractivity (Wildman–Crippen MR) is 109 cm³/mol. The van der Waals surface area contributed by atoms with E-state index in [1.807, 2.05) is 4.90 Å². The lowest BCUT2D eigenvalue weighted by molar-refractivity contribution is -0.125. The fraction of sp³-hybridized carbons (Fsp3) is 0.727. The van der Waals surface area contributed by atoms with Gasteiger partial charge in [-0.15, -0.1) is 0 Å². The van der Waals surface area contributed by atoms with Gasteiger partial charge >= 0.3 is 0 Å². The summed E-state index contributed by atoms with van der Waals surface area (Å²) < 4.78 is 5.07. The minimum absolute atomic E-state index is 0.0175. The first-order valence-corrected chi connectivity index (χ1v) is 10.8. The van der Waals surface area contributed by atoms with E-state index in [9.17, 15) is 9.59 Å². The first kappa shape index (κ1) is 20.9. The molecule has 1 aromatic heterocycles. The maximum absolute atomic E-state index is 12.8. The molecule has 1 saturated carbocycles. The van der Waals surface area contributed by atoms with Gasteiger partial charge in [0, 0.05) is 44.7 Å². The molecule has 6 nitrogen and oxygen atoms in total. The molecule has 2 aliphatic rings. The molecular weight excluding hydrogens is 354 g/mol. The van der Waals surface area contributed by atoms with Crippen LogP contribution in [0.15, 0.2) is 23.0 Å². The molecule has 6 heteroatoms. The van der Waals surface area contributed by atoms with Crippen molar-refractivity contribution in [3.63, 3.8) is 0 Å². The highest BCUT2D eigenvalue weighted by molar-refractivity contribution is 5.93. The maximum atomic E-state index is 12.8. The zero-order chi connectivity index (χ0) is 20.0. The molecule has 1 aromatic rings. The summed E-state index contributed by atoms with van der Waals surface area (Å²) in [4.78, 5) is 30.0. The van der Waals surface area contributed by atoms with Gasteiger partial charge < -0.3 is 14.6 Å². The summed E-state index contributed by atoms with van der Waals surface area (Å²) >= 11 is 0. The van der Waals surface area contributed by atoms with Crippen LogP contribution in [0.4, 0.5) is 0 Å². The average molecular weight is 390 g/mol. The van der Waals surface area contributed by atoms with Crippen LogP contribution in [0.25, 0.3) is 0 Å². The molecule has 2 amide bonds. The van der Waals surface area contributed by atoms with Crippen LogP contribution in [0.5, 0.6) is 0 Å². The third-order valence-electron chi connectivity index (χ3n) is 6.15. The molecule has 0 aromatic carbocycles. The van der Waals surface area contributed by atoms with Crippen molar-refractivity contribution in [2.45, 2.75) is 64.3 Å². The molecule has 1 aliphatic carbocycles. The van der Waals surface area contributed by atoms with Crippen LogP contribution < -0.4 is 5.32 Å². The number of hydrogen-bond donors (Lipinski definition) is 1. The number of nitrogens with one attached hydrogen (secondary N) is 1. The van der Waals surface area contributed by atoms with Crippen LogP contribution in [0.2, 0.25) is 0 Å². The topological polar surface area (TPSA) is 65.8 Å². The Labute approximate surface area is 168 Å². The molecule has 0 radical (unpaired) electrons. The molecule has 1 N–H and O–H groups in total. The fourth-order valence-corrected chi connectivity index (χ4v) is 4.81. The highest BCUT2D eigenvalue weighted by atomic mass is 16.3. The Balaban J connectivity index is 1.77. The molecule has 0 bridgehead atoms. The van der Waals surface area contributed by atoms with Gasteiger partial charge in [0.1, 0.15) is 6.26 Å². The summed E-state index contributed by atoms with van der Waals surface area (Å²) in [6.07, 6.45) is 10.4. The van der Waals surface area contributed by atoms with E-state index in [0.29, 0.717) is 37.5 Å². The largest absolute Gasteiger partial charge is 0.472 e. The van der Waals surface area contributed by atoms with Gasteiger partial charge in [-0.2, -0.15) is 0 Å². The van der Waals surface area contributed by atoms with Crippen molar-refractivity contribution in [1.29, 1.82) is 0 Å². The van der Waals surface area contributed by atoms with Crippen LogP contribution in [-0.4, -0.2) is 59.9 Å². The van der Waals surface area contributed by atoms with Gasteiger partial charge in [0.2, 0.25) is 5.91 Å². The van der Waals surface area contributed by atoms with Crippen molar-refractivity contribution >= 4 is 11.8 Å². The Kier molecular flexibility index (Phi) is 7.16. The monoisotopic (exact) mass is 389 g/mol. The molecule has 2 fully saturated rings. The number of hydrogen-bond acceptors (Lipinski definition) is 4. The van der Waals surface area contributed by atoms with Crippen molar-refractivity contribution in [3.05, 3.63) is 24.2 Å². The molecule has 2 heterocycles. The smallest absolute Gasteiger partial charge is 0.257 e. The zero-order valence-corrected chi connectivity index (χ0v) is 17.4. The van der Waals surface area contributed by atoms with Gasteiger partial charge in [-0.1, -0.05) is 33.1 Å². The lowest BCUT2D eigenvalue weighted by atomic mass is 9.77. The first-order valence-electron chi connectivity index (χ1n) is 10.8. The second-order valence-corrected chi connectivity index (χ2v) is 8.81. The number of rotatable bonds is 3. The van der Waals surface area contributed by atoms with Crippen molar-refractivity contribution in [1.82, 2.24) is 15.1 Å². The van der Waals surface area contributed by atoms with E-state index < -0.39 is 0 Å². The van der Waals surface area contributed by atoms with E-state index >= 15 is 0 Å². The van der Waals surface area contributed by atoms with E-state index in [1.54, 1.807) is 6.07 Å². The number of carbonyl (C=O) groups is 2. The Morgan fingerprint density at radius 1 is 1.18 bits per heavy atom. The van der Waals surface area contributed by atoms with E-state index in [0.717, 1.165) is 32.4 Å². The first-order chi connectivity index (χ1) is 13.5.